The van der Waals surface area contributed by atoms with Crippen LogP contribution in [0.5, 0.6) is 0 Å². The van der Waals surface area contributed by atoms with Crippen molar-refractivity contribution < 1.29 is 9.53 Å². The second kappa shape index (κ2) is 2.36. The molecule has 3 atom stereocenters. The van der Waals surface area contributed by atoms with Gasteiger partial charge < -0.3 is 4.74 Å². The number of fused-ring (bicyclic) bond motifs is 1. The van der Waals surface area contributed by atoms with E-state index in [1.807, 2.05) is 6.92 Å². The van der Waals surface area contributed by atoms with Gasteiger partial charge in [-0.15, -0.1) is 0 Å². The van der Waals surface area contributed by atoms with E-state index in [0.717, 1.165) is 6.42 Å². The summed E-state index contributed by atoms with van der Waals surface area (Å²) < 4.78 is 4.94. The smallest absolute Gasteiger partial charge is 0.309 e. The summed E-state index contributed by atoms with van der Waals surface area (Å²) in [6.07, 6.45) is 5.25. The molecule has 2 rings (SSSR count). The lowest BCUT2D eigenvalue weighted by Gasteiger charge is -2.34. The largest absolute Gasteiger partial charge is 0.465 e. The first-order valence-corrected chi connectivity index (χ1v) is 4.12. The van der Waals surface area contributed by atoms with E-state index < -0.39 is 0 Å². The number of carbonyl (C=O) groups is 1. The number of rotatable bonds is 1. The van der Waals surface area contributed by atoms with Crippen LogP contribution in [0.4, 0.5) is 0 Å². The van der Waals surface area contributed by atoms with E-state index in [1.165, 1.54) is 0 Å². The third-order valence-corrected chi connectivity index (χ3v) is 2.75. The molecular formula is C9H12O2. The molecule has 1 unspecified atom stereocenters. The monoisotopic (exact) mass is 152 g/mol. The fraction of sp³-hybridized carbons (Fsp3) is 0.667. The Bertz CT molecular complexity index is 208. The summed E-state index contributed by atoms with van der Waals surface area (Å²) in [7, 11) is 0. The molecule has 2 heteroatoms. The van der Waals surface area contributed by atoms with Gasteiger partial charge in [0.2, 0.25) is 0 Å². The van der Waals surface area contributed by atoms with Gasteiger partial charge in [0.1, 0.15) is 0 Å². The molecule has 0 N–H and O–H groups in total. The number of esters is 1. The van der Waals surface area contributed by atoms with E-state index in [0.29, 0.717) is 18.4 Å². The van der Waals surface area contributed by atoms with Crippen molar-refractivity contribution in [2.75, 3.05) is 6.61 Å². The van der Waals surface area contributed by atoms with Crippen LogP contribution in [0.1, 0.15) is 13.3 Å². The summed E-state index contributed by atoms with van der Waals surface area (Å²) >= 11 is 0. The average molecular weight is 152 g/mol. The molecule has 0 spiro atoms. The highest BCUT2D eigenvalue weighted by molar-refractivity contribution is 5.76. The molecule has 11 heavy (non-hydrogen) atoms. The van der Waals surface area contributed by atoms with Crippen LogP contribution in [0.15, 0.2) is 12.2 Å². The predicted octanol–water partition coefficient (Wildman–Crippen LogP) is 1.37. The SMILES string of the molecule is C/C=C/C1C[C@@H]2C(=O)OC[C@H]12. The molecule has 60 valence electrons. The van der Waals surface area contributed by atoms with Crippen LogP contribution in [0, 0.1) is 17.8 Å². The van der Waals surface area contributed by atoms with E-state index in [4.69, 9.17) is 4.74 Å². The summed E-state index contributed by atoms with van der Waals surface area (Å²) in [5.41, 5.74) is 0. The molecule has 0 aromatic rings. The van der Waals surface area contributed by atoms with Crippen LogP contribution in [0.25, 0.3) is 0 Å². The van der Waals surface area contributed by atoms with Crippen LogP contribution in [0.3, 0.4) is 0 Å². The minimum Gasteiger partial charge on any atom is -0.465 e. The molecule has 0 aromatic heterocycles. The summed E-state index contributed by atoms with van der Waals surface area (Å²) in [5.74, 6) is 1.36. The minimum atomic E-state index is 0.0238. The van der Waals surface area contributed by atoms with Crippen molar-refractivity contribution in [2.45, 2.75) is 13.3 Å². The summed E-state index contributed by atoms with van der Waals surface area (Å²) in [6.45, 7) is 2.67. The Balaban J connectivity index is 2.01. The second-order valence-electron chi connectivity index (χ2n) is 3.33. The summed E-state index contributed by atoms with van der Waals surface area (Å²) in [5, 5.41) is 0. The number of hydrogen-bond acceptors (Lipinski definition) is 2. The van der Waals surface area contributed by atoms with Crippen molar-refractivity contribution in [2.24, 2.45) is 17.8 Å². The fourth-order valence-electron chi connectivity index (χ4n) is 2.01. The van der Waals surface area contributed by atoms with E-state index in [1.54, 1.807) is 0 Å². The third-order valence-electron chi connectivity index (χ3n) is 2.75. The number of ether oxygens (including phenoxy) is 1. The van der Waals surface area contributed by atoms with Gasteiger partial charge in [-0.3, -0.25) is 4.79 Å². The van der Waals surface area contributed by atoms with Gasteiger partial charge in [0, 0.05) is 5.92 Å². The molecule has 1 aliphatic heterocycles. The molecule has 0 radical (unpaired) electrons. The topological polar surface area (TPSA) is 26.3 Å². The number of cyclic esters (lactones) is 1. The Labute approximate surface area is 66.2 Å². The van der Waals surface area contributed by atoms with Gasteiger partial charge in [0.15, 0.2) is 0 Å². The van der Waals surface area contributed by atoms with Crippen LogP contribution < -0.4 is 0 Å². The highest BCUT2D eigenvalue weighted by atomic mass is 16.5. The molecule has 1 saturated heterocycles. The molecule has 1 heterocycles. The maximum atomic E-state index is 10.9. The van der Waals surface area contributed by atoms with E-state index in [9.17, 15) is 4.79 Å². The van der Waals surface area contributed by atoms with Crippen LogP contribution >= 0.6 is 0 Å². The van der Waals surface area contributed by atoms with Crippen molar-refractivity contribution >= 4 is 5.97 Å². The molecule has 2 aliphatic rings. The minimum absolute atomic E-state index is 0.0238. The Kier molecular flexibility index (Phi) is 1.48. The fourth-order valence-corrected chi connectivity index (χ4v) is 2.01. The maximum Gasteiger partial charge on any atom is 0.309 e. The first kappa shape index (κ1) is 6.89. The van der Waals surface area contributed by atoms with Gasteiger partial charge in [-0.05, 0) is 19.3 Å². The van der Waals surface area contributed by atoms with E-state index in [-0.39, 0.29) is 11.9 Å². The summed E-state index contributed by atoms with van der Waals surface area (Å²) in [4.78, 5) is 10.9. The molecule has 2 fully saturated rings. The van der Waals surface area contributed by atoms with Crippen molar-refractivity contribution in [3.63, 3.8) is 0 Å². The Hall–Kier alpha value is -0.790. The zero-order valence-electron chi connectivity index (χ0n) is 6.62. The maximum absolute atomic E-state index is 10.9. The zero-order chi connectivity index (χ0) is 7.84. The van der Waals surface area contributed by atoms with Gasteiger partial charge in [0.05, 0.1) is 12.5 Å². The predicted molar refractivity (Wildman–Crippen MR) is 40.9 cm³/mol. The molecular weight excluding hydrogens is 140 g/mol. The Morgan fingerprint density at radius 2 is 2.45 bits per heavy atom. The van der Waals surface area contributed by atoms with Crippen LogP contribution in [0.2, 0.25) is 0 Å². The van der Waals surface area contributed by atoms with Crippen molar-refractivity contribution in [3.8, 4) is 0 Å². The van der Waals surface area contributed by atoms with Gasteiger partial charge in [-0.2, -0.15) is 0 Å². The standard InChI is InChI=1S/C9H12O2/c1-2-3-6-4-7-8(6)5-11-9(7)10/h2-3,6-8H,4-5H2,1H3/b3-2+/t6?,7-,8+/m0/s1. The van der Waals surface area contributed by atoms with Gasteiger partial charge >= 0.3 is 5.97 Å². The normalized spacial score (nSPS) is 41.9. The average Bonchev–Trinajstić information content (AvgIpc) is 2.22. The van der Waals surface area contributed by atoms with Crippen molar-refractivity contribution in [1.82, 2.24) is 0 Å². The van der Waals surface area contributed by atoms with Gasteiger partial charge in [-0.25, -0.2) is 0 Å². The Morgan fingerprint density at radius 3 is 3.09 bits per heavy atom. The quantitative estimate of drug-likeness (QED) is 0.419. The Morgan fingerprint density at radius 1 is 1.64 bits per heavy atom. The molecule has 0 aromatic carbocycles. The highest BCUT2D eigenvalue weighted by Gasteiger charge is 2.49. The van der Waals surface area contributed by atoms with E-state index >= 15 is 0 Å². The van der Waals surface area contributed by atoms with Crippen molar-refractivity contribution in [1.29, 1.82) is 0 Å². The zero-order valence-corrected chi connectivity index (χ0v) is 6.62. The molecule has 0 amide bonds. The van der Waals surface area contributed by atoms with Crippen LogP contribution in [-0.4, -0.2) is 12.6 Å². The number of carbonyl (C=O) groups excluding carboxylic acids is 1. The number of hydrogen-bond donors (Lipinski definition) is 0. The second-order valence-corrected chi connectivity index (χ2v) is 3.33. The lowest BCUT2D eigenvalue weighted by atomic mass is 9.66. The first-order valence-electron chi connectivity index (χ1n) is 4.12. The molecule has 2 nitrogen and oxygen atoms in total. The highest BCUT2D eigenvalue weighted by Crippen LogP contribution is 2.45. The lowest BCUT2D eigenvalue weighted by molar-refractivity contribution is -0.142. The molecule has 0 bridgehead atoms. The lowest BCUT2D eigenvalue weighted by Crippen LogP contribution is -2.35. The molecule has 1 saturated carbocycles. The van der Waals surface area contributed by atoms with Crippen molar-refractivity contribution in [3.05, 3.63) is 12.2 Å². The first-order chi connectivity index (χ1) is 5.33. The van der Waals surface area contributed by atoms with Gasteiger partial charge in [-0.1, -0.05) is 12.2 Å². The number of allylic oxidation sites excluding steroid dienone is 2. The molecule has 1 aliphatic carbocycles. The third kappa shape index (κ3) is 0.889. The van der Waals surface area contributed by atoms with E-state index in [2.05, 4.69) is 12.2 Å². The van der Waals surface area contributed by atoms with Crippen LogP contribution in [-0.2, 0) is 9.53 Å². The van der Waals surface area contributed by atoms with Gasteiger partial charge in [0.25, 0.3) is 0 Å². The summed E-state index contributed by atoms with van der Waals surface area (Å²) in [6, 6.07) is 0.